The van der Waals surface area contributed by atoms with Gasteiger partial charge in [0.1, 0.15) is 5.82 Å². The van der Waals surface area contributed by atoms with Crippen LogP contribution >= 0.6 is 11.6 Å². The summed E-state index contributed by atoms with van der Waals surface area (Å²) in [6.07, 6.45) is 0. The van der Waals surface area contributed by atoms with Crippen LogP contribution in [0.5, 0.6) is 11.9 Å². The molecule has 2 rings (SSSR count). The van der Waals surface area contributed by atoms with Crippen LogP contribution in [0.2, 0.25) is 5.02 Å². The smallest absolute Gasteiger partial charge is 0.319 e. The van der Waals surface area contributed by atoms with Crippen molar-refractivity contribution in [2.24, 2.45) is 0 Å². The third-order valence-electron chi connectivity index (χ3n) is 2.62. The molecule has 0 aliphatic carbocycles. The van der Waals surface area contributed by atoms with Crippen molar-refractivity contribution in [3.05, 3.63) is 34.7 Å². The molecule has 0 amide bonds. The number of methoxy groups -OCH3 is 2. The van der Waals surface area contributed by atoms with Crippen LogP contribution in [-0.4, -0.2) is 24.2 Å². The van der Waals surface area contributed by atoms with Crippen LogP contribution in [0.15, 0.2) is 18.2 Å². The summed E-state index contributed by atoms with van der Waals surface area (Å²) in [7, 11) is 2.97. The maximum atomic E-state index is 13.2. The maximum Gasteiger partial charge on any atom is 0.319 e. The zero-order valence-corrected chi connectivity index (χ0v) is 11.5. The monoisotopic (exact) mass is 282 g/mol. The first-order chi connectivity index (χ1) is 9.06. The zero-order chi connectivity index (χ0) is 14.0. The van der Waals surface area contributed by atoms with E-state index in [4.69, 9.17) is 21.1 Å². The van der Waals surface area contributed by atoms with E-state index in [1.165, 1.54) is 26.4 Å². The van der Waals surface area contributed by atoms with Gasteiger partial charge in [-0.15, -0.1) is 0 Å². The molecule has 100 valence electrons. The van der Waals surface area contributed by atoms with E-state index < -0.39 is 5.82 Å². The highest BCUT2D eigenvalue weighted by Gasteiger charge is 2.15. The fourth-order valence-corrected chi connectivity index (χ4v) is 1.93. The van der Waals surface area contributed by atoms with Gasteiger partial charge in [-0.1, -0.05) is 17.7 Å². The second-order valence-corrected chi connectivity index (χ2v) is 4.22. The number of nitrogens with zero attached hydrogens (tertiary/aromatic N) is 2. The zero-order valence-electron chi connectivity index (χ0n) is 10.7. The highest BCUT2D eigenvalue weighted by atomic mass is 35.5. The number of ether oxygens (including phenoxy) is 2. The average Bonchev–Trinajstić information content (AvgIpc) is 2.41. The summed E-state index contributed by atoms with van der Waals surface area (Å²) in [6.45, 7) is 1.79. The normalized spacial score (nSPS) is 10.4. The minimum absolute atomic E-state index is 0.0368. The van der Waals surface area contributed by atoms with Gasteiger partial charge >= 0.3 is 6.01 Å². The van der Waals surface area contributed by atoms with E-state index in [0.717, 1.165) is 0 Å². The molecule has 1 heterocycles. The van der Waals surface area contributed by atoms with Crippen molar-refractivity contribution in [2.75, 3.05) is 14.2 Å². The Kier molecular flexibility index (Phi) is 3.85. The second-order valence-electron chi connectivity index (χ2n) is 3.81. The molecule has 0 spiro atoms. The van der Waals surface area contributed by atoms with Crippen LogP contribution < -0.4 is 9.47 Å². The van der Waals surface area contributed by atoms with Crippen LogP contribution in [0, 0.1) is 12.7 Å². The lowest BCUT2D eigenvalue weighted by Gasteiger charge is -2.12. The first kappa shape index (κ1) is 13.5. The molecule has 6 heteroatoms. The number of hydrogen-bond donors (Lipinski definition) is 0. The average molecular weight is 283 g/mol. The van der Waals surface area contributed by atoms with E-state index in [1.807, 2.05) is 0 Å². The van der Waals surface area contributed by atoms with E-state index in [2.05, 4.69) is 9.97 Å². The first-order valence-electron chi connectivity index (χ1n) is 5.49. The largest absolute Gasteiger partial charge is 0.480 e. The van der Waals surface area contributed by atoms with Gasteiger partial charge in [-0.05, 0) is 24.6 Å². The summed E-state index contributed by atoms with van der Waals surface area (Å²) in [4.78, 5) is 8.29. The number of halogens is 2. The van der Waals surface area contributed by atoms with Gasteiger partial charge < -0.3 is 9.47 Å². The molecule has 0 aliphatic heterocycles. The molecule has 0 fully saturated rings. The van der Waals surface area contributed by atoms with Gasteiger partial charge in [-0.25, -0.2) is 4.39 Å². The van der Waals surface area contributed by atoms with Crippen molar-refractivity contribution in [2.45, 2.75) is 6.92 Å². The van der Waals surface area contributed by atoms with Crippen LogP contribution in [-0.2, 0) is 0 Å². The molecule has 0 bridgehead atoms. The van der Waals surface area contributed by atoms with E-state index in [1.54, 1.807) is 13.0 Å². The molecule has 19 heavy (non-hydrogen) atoms. The predicted molar refractivity (Wildman–Crippen MR) is 70.3 cm³/mol. The second kappa shape index (κ2) is 5.40. The maximum absolute atomic E-state index is 13.2. The number of aryl methyl sites for hydroxylation is 1. The quantitative estimate of drug-likeness (QED) is 0.867. The molecular weight excluding hydrogens is 271 g/mol. The Morgan fingerprint density at radius 2 is 1.89 bits per heavy atom. The van der Waals surface area contributed by atoms with Crippen LogP contribution in [0.25, 0.3) is 11.1 Å². The van der Waals surface area contributed by atoms with Crippen LogP contribution in [0.3, 0.4) is 0 Å². The van der Waals surface area contributed by atoms with E-state index in [0.29, 0.717) is 22.7 Å². The van der Waals surface area contributed by atoms with Crippen LogP contribution in [0.1, 0.15) is 5.69 Å². The lowest BCUT2D eigenvalue weighted by molar-refractivity contribution is 0.352. The van der Waals surface area contributed by atoms with Crippen molar-refractivity contribution in [1.82, 2.24) is 9.97 Å². The van der Waals surface area contributed by atoms with E-state index >= 15 is 0 Å². The summed E-state index contributed by atoms with van der Waals surface area (Å²) in [6, 6.07) is 4.62. The number of aromatic nitrogens is 2. The number of rotatable bonds is 3. The standard InChI is InChI=1S/C13H12ClFN2O2/c1-7-11(8-4-5-10(15)9(14)6-8)12(18-2)17-13(16-7)19-3/h4-6H,1-3H3. The van der Waals surface area contributed by atoms with E-state index in [9.17, 15) is 4.39 Å². The summed E-state index contributed by atoms with van der Waals surface area (Å²) in [5, 5.41) is 0.0368. The molecule has 0 aliphatic rings. The molecule has 0 radical (unpaired) electrons. The third-order valence-corrected chi connectivity index (χ3v) is 2.91. The topological polar surface area (TPSA) is 44.2 Å². The Balaban J connectivity index is 2.63. The van der Waals surface area contributed by atoms with Crippen molar-refractivity contribution >= 4 is 11.6 Å². The highest BCUT2D eigenvalue weighted by Crippen LogP contribution is 2.34. The third kappa shape index (κ3) is 2.61. The Bertz CT molecular complexity index is 620. The molecule has 1 aromatic carbocycles. The molecule has 0 unspecified atom stereocenters. The molecule has 0 saturated carbocycles. The molecule has 0 atom stereocenters. The predicted octanol–water partition coefficient (Wildman–Crippen LogP) is 3.26. The Labute approximate surface area is 115 Å². The Hall–Kier alpha value is -1.88. The van der Waals surface area contributed by atoms with Crippen LogP contribution in [0.4, 0.5) is 4.39 Å². The fraction of sp³-hybridized carbons (Fsp3) is 0.231. The fourth-order valence-electron chi connectivity index (χ4n) is 1.74. The van der Waals surface area contributed by atoms with Gasteiger partial charge in [0.2, 0.25) is 5.88 Å². The molecule has 1 aromatic heterocycles. The molecule has 4 nitrogen and oxygen atoms in total. The SMILES string of the molecule is COc1nc(C)c(-c2ccc(F)c(Cl)c2)c(OC)n1. The summed E-state index contributed by atoms with van der Waals surface area (Å²) in [5.74, 6) is -0.122. The van der Waals surface area contributed by atoms with Gasteiger partial charge in [0, 0.05) is 0 Å². The van der Waals surface area contributed by atoms with Crippen molar-refractivity contribution in [1.29, 1.82) is 0 Å². The van der Waals surface area contributed by atoms with Gasteiger partial charge in [0.05, 0.1) is 30.5 Å². The minimum Gasteiger partial charge on any atom is -0.480 e. The number of hydrogen-bond acceptors (Lipinski definition) is 4. The summed E-state index contributed by atoms with van der Waals surface area (Å²) >= 11 is 5.79. The molecular formula is C13H12ClFN2O2. The molecule has 2 aromatic rings. The lowest BCUT2D eigenvalue weighted by Crippen LogP contribution is -2.01. The molecule has 0 saturated heterocycles. The number of benzene rings is 1. The summed E-state index contributed by atoms with van der Waals surface area (Å²) < 4.78 is 23.4. The lowest BCUT2D eigenvalue weighted by atomic mass is 10.1. The Morgan fingerprint density at radius 1 is 1.16 bits per heavy atom. The summed E-state index contributed by atoms with van der Waals surface area (Å²) in [5.41, 5.74) is 2.00. The first-order valence-corrected chi connectivity index (χ1v) is 5.86. The van der Waals surface area contributed by atoms with Gasteiger partial charge in [0.25, 0.3) is 0 Å². The van der Waals surface area contributed by atoms with Gasteiger partial charge in [-0.2, -0.15) is 9.97 Å². The highest BCUT2D eigenvalue weighted by molar-refractivity contribution is 6.31. The minimum atomic E-state index is -0.475. The van der Waals surface area contributed by atoms with Crippen molar-refractivity contribution < 1.29 is 13.9 Å². The van der Waals surface area contributed by atoms with Crippen molar-refractivity contribution in [3.8, 4) is 23.0 Å². The van der Waals surface area contributed by atoms with Gasteiger partial charge in [-0.3, -0.25) is 0 Å². The van der Waals surface area contributed by atoms with Crippen molar-refractivity contribution in [3.63, 3.8) is 0 Å². The Morgan fingerprint density at radius 3 is 2.47 bits per heavy atom. The molecule has 0 N–H and O–H groups in total. The van der Waals surface area contributed by atoms with Gasteiger partial charge in [0.15, 0.2) is 0 Å². The van der Waals surface area contributed by atoms with E-state index in [-0.39, 0.29) is 11.0 Å².